The van der Waals surface area contributed by atoms with Crippen LogP contribution in [0.25, 0.3) is 0 Å². The predicted molar refractivity (Wildman–Crippen MR) is 109 cm³/mol. The van der Waals surface area contributed by atoms with Crippen molar-refractivity contribution in [3.05, 3.63) is 34.3 Å². The summed E-state index contributed by atoms with van der Waals surface area (Å²) in [4.78, 5) is 37.6. The van der Waals surface area contributed by atoms with Crippen molar-refractivity contribution in [2.75, 3.05) is 13.7 Å². The Bertz CT molecular complexity index is 761. The van der Waals surface area contributed by atoms with Crippen molar-refractivity contribution < 1.29 is 28.6 Å². The molecular weight excluding hydrogens is 444 g/mol. The number of methoxy groups -OCH3 is 1. The van der Waals surface area contributed by atoms with E-state index in [1.807, 2.05) is 24.3 Å². The molecule has 0 unspecified atom stereocenters. The molecule has 0 aromatic heterocycles. The van der Waals surface area contributed by atoms with Gasteiger partial charge in [-0.3, -0.25) is 4.79 Å². The second kappa shape index (κ2) is 9.13. The Hall–Kier alpha value is -2.13. The zero-order valence-corrected chi connectivity index (χ0v) is 18.8. The van der Waals surface area contributed by atoms with Gasteiger partial charge in [0.15, 0.2) is 5.54 Å². The molecular formula is C20H27BrN2O6. The Morgan fingerprint density at radius 1 is 1.24 bits per heavy atom. The monoisotopic (exact) mass is 470 g/mol. The van der Waals surface area contributed by atoms with Crippen LogP contribution in [0, 0.1) is 0 Å². The van der Waals surface area contributed by atoms with E-state index in [-0.39, 0.29) is 13.0 Å². The van der Waals surface area contributed by atoms with Crippen molar-refractivity contribution in [2.24, 2.45) is 0 Å². The molecule has 1 aliphatic heterocycles. The van der Waals surface area contributed by atoms with Gasteiger partial charge in [-0.1, -0.05) is 28.1 Å². The van der Waals surface area contributed by atoms with Gasteiger partial charge in [-0.15, -0.1) is 0 Å². The summed E-state index contributed by atoms with van der Waals surface area (Å²) in [5.74, 6) is -1.14. The summed E-state index contributed by atoms with van der Waals surface area (Å²) in [6, 6.07) is 6.37. The predicted octanol–water partition coefficient (Wildman–Crippen LogP) is 2.85. The summed E-state index contributed by atoms with van der Waals surface area (Å²) < 4.78 is 16.8. The van der Waals surface area contributed by atoms with Gasteiger partial charge in [0.2, 0.25) is 5.91 Å². The van der Waals surface area contributed by atoms with E-state index in [1.54, 1.807) is 20.8 Å². The van der Waals surface area contributed by atoms with E-state index in [9.17, 15) is 14.4 Å². The van der Waals surface area contributed by atoms with E-state index >= 15 is 0 Å². The maximum Gasteiger partial charge on any atom is 0.408 e. The van der Waals surface area contributed by atoms with Crippen LogP contribution in [0.4, 0.5) is 4.79 Å². The summed E-state index contributed by atoms with van der Waals surface area (Å²) in [6.07, 6.45) is -1.29. The normalized spacial score (nSPS) is 22.5. The highest BCUT2D eigenvalue weighted by Gasteiger charge is 2.53. The van der Waals surface area contributed by atoms with Gasteiger partial charge in [-0.2, -0.15) is 0 Å². The fraction of sp³-hybridized carbons (Fsp3) is 0.550. The largest absolute Gasteiger partial charge is 0.467 e. The van der Waals surface area contributed by atoms with Gasteiger partial charge in [-0.25, -0.2) is 9.59 Å². The second-order valence-corrected chi connectivity index (χ2v) is 8.78. The molecule has 8 nitrogen and oxygen atoms in total. The first-order valence-corrected chi connectivity index (χ1v) is 10.0. The first-order valence-electron chi connectivity index (χ1n) is 9.25. The molecule has 1 saturated heterocycles. The third-order valence-electron chi connectivity index (χ3n) is 4.43. The number of rotatable bonds is 5. The minimum absolute atomic E-state index is 0.215. The average molecular weight is 471 g/mol. The molecule has 0 radical (unpaired) electrons. The van der Waals surface area contributed by atoms with Gasteiger partial charge in [0.1, 0.15) is 17.7 Å². The van der Waals surface area contributed by atoms with Gasteiger partial charge in [0.05, 0.1) is 13.7 Å². The van der Waals surface area contributed by atoms with E-state index in [0.717, 1.165) is 4.47 Å². The fourth-order valence-corrected chi connectivity index (χ4v) is 3.36. The van der Waals surface area contributed by atoms with Crippen LogP contribution >= 0.6 is 15.9 Å². The summed E-state index contributed by atoms with van der Waals surface area (Å²) in [5.41, 5.74) is -1.48. The number of carbonyl (C=O) groups is 3. The Kier molecular flexibility index (Phi) is 7.29. The van der Waals surface area contributed by atoms with E-state index in [2.05, 4.69) is 31.3 Å². The minimum Gasteiger partial charge on any atom is -0.467 e. The van der Waals surface area contributed by atoms with Crippen molar-refractivity contribution in [3.8, 4) is 0 Å². The van der Waals surface area contributed by atoms with E-state index in [0.29, 0.717) is 5.56 Å². The van der Waals surface area contributed by atoms with Crippen molar-refractivity contribution in [2.45, 2.75) is 57.4 Å². The molecule has 9 heteroatoms. The van der Waals surface area contributed by atoms with Crippen molar-refractivity contribution in [1.29, 1.82) is 0 Å². The molecule has 1 aromatic carbocycles. The summed E-state index contributed by atoms with van der Waals surface area (Å²) in [5, 5.41) is 5.33. The molecule has 29 heavy (non-hydrogen) atoms. The van der Waals surface area contributed by atoms with Crippen LogP contribution in [-0.4, -0.2) is 48.9 Å². The fourth-order valence-electron chi connectivity index (χ4n) is 3.09. The molecule has 2 amide bonds. The quantitative estimate of drug-likeness (QED) is 0.641. The SMILES string of the molecule is COC(=O)[C@@H](C)NC(=O)[C@@]1(NC(=O)OC(C)(C)C)CCO[C@H]1c1ccc(Br)cc1. The Balaban J connectivity index is 2.38. The van der Waals surface area contributed by atoms with Crippen LogP contribution in [0.1, 0.15) is 45.8 Å². The lowest BCUT2D eigenvalue weighted by atomic mass is 9.85. The molecule has 2 N–H and O–H groups in total. The van der Waals surface area contributed by atoms with Crippen LogP contribution in [0.3, 0.4) is 0 Å². The molecule has 160 valence electrons. The molecule has 1 aromatic rings. The Morgan fingerprint density at radius 3 is 2.41 bits per heavy atom. The zero-order valence-electron chi connectivity index (χ0n) is 17.2. The highest BCUT2D eigenvalue weighted by Crippen LogP contribution is 2.39. The minimum atomic E-state index is -1.45. The maximum absolute atomic E-state index is 13.3. The Morgan fingerprint density at radius 2 is 1.86 bits per heavy atom. The second-order valence-electron chi connectivity index (χ2n) is 7.87. The van der Waals surface area contributed by atoms with Crippen LogP contribution in [-0.2, 0) is 23.8 Å². The first kappa shape index (κ1) is 23.2. The van der Waals surface area contributed by atoms with E-state index in [1.165, 1.54) is 14.0 Å². The highest BCUT2D eigenvalue weighted by atomic mass is 79.9. The Labute approximate surface area is 178 Å². The molecule has 3 atom stereocenters. The topological polar surface area (TPSA) is 103 Å². The van der Waals surface area contributed by atoms with Gasteiger partial charge in [0, 0.05) is 10.9 Å². The van der Waals surface area contributed by atoms with Crippen LogP contribution in [0.5, 0.6) is 0 Å². The standard InChI is InChI=1S/C20H27BrN2O6/c1-12(16(24)27-5)22-17(25)20(23-18(26)29-19(2,3)4)10-11-28-15(20)13-6-8-14(21)9-7-13/h6-9,12,15H,10-11H2,1-5H3,(H,22,25)(H,23,26)/t12-,15+,20-/m1/s1. The molecule has 0 bridgehead atoms. The van der Waals surface area contributed by atoms with Crippen molar-refractivity contribution in [1.82, 2.24) is 10.6 Å². The number of nitrogens with one attached hydrogen (secondary N) is 2. The summed E-state index contributed by atoms with van der Waals surface area (Å²) >= 11 is 3.38. The first-order chi connectivity index (χ1) is 13.5. The summed E-state index contributed by atoms with van der Waals surface area (Å²) in [6.45, 7) is 6.95. The number of hydrogen-bond acceptors (Lipinski definition) is 6. The van der Waals surface area contributed by atoms with Gasteiger partial charge < -0.3 is 24.8 Å². The number of hydrogen-bond donors (Lipinski definition) is 2. The number of carbonyl (C=O) groups excluding carboxylic acids is 3. The summed E-state index contributed by atoms with van der Waals surface area (Å²) in [7, 11) is 1.24. The molecule has 0 saturated carbocycles. The van der Waals surface area contributed by atoms with Gasteiger partial charge in [0.25, 0.3) is 0 Å². The lowest BCUT2D eigenvalue weighted by Gasteiger charge is -2.35. The number of benzene rings is 1. The molecule has 0 spiro atoms. The molecule has 1 heterocycles. The molecule has 0 aliphatic carbocycles. The third kappa shape index (κ3) is 5.70. The number of esters is 1. The zero-order chi connectivity index (χ0) is 21.8. The maximum atomic E-state index is 13.3. The number of alkyl carbamates (subject to hydrolysis) is 1. The number of amides is 2. The third-order valence-corrected chi connectivity index (χ3v) is 4.96. The lowest BCUT2D eigenvalue weighted by Crippen LogP contribution is -2.62. The van der Waals surface area contributed by atoms with Gasteiger partial charge in [-0.05, 0) is 45.4 Å². The van der Waals surface area contributed by atoms with Crippen molar-refractivity contribution >= 4 is 33.9 Å². The molecule has 1 fully saturated rings. The van der Waals surface area contributed by atoms with E-state index < -0.39 is 41.3 Å². The van der Waals surface area contributed by atoms with Crippen LogP contribution in [0.2, 0.25) is 0 Å². The highest BCUT2D eigenvalue weighted by molar-refractivity contribution is 9.10. The van der Waals surface area contributed by atoms with E-state index in [4.69, 9.17) is 9.47 Å². The molecule has 2 rings (SSSR count). The van der Waals surface area contributed by atoms with Gasteiger partial charge >= 0.3 is 12.1 Å². The van der Waals surface area contributed by atoms with Crippen LogP contribution < -0.4 is 10.6 Å². The smallest absolute Gasteiger partial charge is 0.408 e. The average Bonchev–Trinajstić information content (AvgIpc) is 3.04. The lowest BCUT2D eigenvalue weighted by molar-refractivity contribution is -0.145. The van der Waals surface area contributed by atoms with Crippen LogP contribution in [0.15, 0.2) is 28.7 Å². The van der Waals surface area contributed by atoms with Crippen molar-refractivity contribution in [3.63, 3.8) is 0 Å². The number of ether oxygens (including phenoxy) is 3. The number of halogens is 1. The molecule has 1 aliphatic rings.